The lowest BCUT2D eigenvalue weighted by Gasteiger charge is -2.06. The van der Waals surface area contributed by atoms with E-state index in [9.17, 15) is 9.18 Å². The van der Waals surface area contributed by atoms with Gasteiger partial charge in [0.1, 0.15) is 5.82 Å². The van der Waals surface area contributed by atoms with Gasteiger partial charge < -0.3 is 10.3 Å². The minimum Gasteiger partial charge on any atom is -0.355 e. The molecule has 0 saturated heterocycles. The van der Waals surface area contributed by atoms with Crippen molar-refractivity contribution in [3.8, 4) is 0 Å². The van der Waals surface area contributed by atoms with Crippen molar-refractivity contribution in [1.82, 2.24) is 9.55 Å². The van der Waals surface area contributed by atoms with Crippen LogP contribution in [0.5, 0.6) is 0 Å². The number of anilines is 2. The first-order valence-electron chi connectivity index (χ1n) is 7.42. The molecule has 0 atom stereocenters. The highest BCUT2D eigenvalue weighted by atomic mass is 19.1. The predicted octanol–water partition coefficient (Wildman–Crippen LogP) is 4.26. The van der Waals surface area contributed by atoms with Crippen LogP contribution in [0.3, 0.4) is 0 Å². The molecule has 0 aliphatic carbocycles. The molecule has 2 N–H and O–H groups in total. The van der Waals surface area contributed by atoms with Gasteiger partial charge >= 0.3 is 5.69 Å². The fraction of sp³-hybridized carbons (Fsp3) is 0.235. The number of nitrogens with one attached hydrogen (secondary N) is 2. The van der Waals surface area contributed by atoms with Crippen LogP contribution in [0, 0.1) is 5.82 Å². The van der Waals surface area contributed by atoms with E-state index in [1.54, 1.807) is 16.7 Å². The largest absolute Gasteiger partial charge is 0.355 e. The molecule has 1 aromatic heterocycles. The molecule has 116 valence electrons. The molecule has 0 saturated carbocycles. The molecular weight excluding hydrogens is 281 g/mol. The lowest BCUT2D eigenvalue weighted by atomic mass is 10.2. The van der Waals surface area contributed by atoms with Gasteiger partial charge in [0.2, 0.25) is 0 Å². The summed E-state index contributed by atoms with van der Waals surface area (Å²) in [6.07, 6.45) is 0. The van der Waals surface area contributed by atoms with Crippen molar-refractivity contribution in [3.63, 3.8) is 0 Å². The van der Waals surface area contributed by atoms with Gasteiger partial charge in [-0.15, -0.1) is 0 Å². The average Bonchev–Trinajstić information content (AvgIpc) is 2.83. The zero-order valence-electron chi connectivity index (χ0n) is 13.0. The van der Waals surface area contributed by atoms with Crippen LogP contribution in [0.25, 0.3) is 11.0 Å². The van der Waals surface area contributed by atoms with Crippen LogP contribution in [0.1, 0.15) is 20.8 Å². The molecule has 3 aromatic rings. The van der Waals surface area contributed by atoms with Gasteiger partial charge in [-0.2, -0.15) is 0 Å². The van der Waals surface area contributed by atoms with E-state index in [0.29, 0.717) is 12.2 Å². The maximum atomic E-state index is 13.1. The first kappa shape index (κ1) is 15.8. The second-order valence-corrected chi connectivity index (χ2v) is 4.54. The van der Waals surface area contributed by atoms with E-state index in [-0.39, 0.29) is 11.5 Å². The number of benzene rings is 2. The van der Waals surface area contributed by atoms with Crippen molar-refractivity contribution in [1.29, 1.82) is 0 Å². The van der Waals surface area contributed by atoms with Crippen molar-refractivity contribution in [2.45, 2.75) is 27.3 Å². The number of fused-ring (bicyclic) bond motifs is 1. The normalized spacial score (nSPS) is 10.2. The van der Waals surface area contributed by atoms with E-state index in [0.717, 1.165) is 16.7 Å². The number of aromatic amines is 1. The molecule has 4 nitrogen and oxygen atoms in total. The van der Waals surface area contributed by atoms with Crippen molar-refractivity contribution >= 4 is 22.4 Å². The summed E-state index contributed by atoms with van der Waals surface area (Å²) in [5.41, 5.74) is 2.97. The maximum Gasteiger partial charge on any atom is 0.326 e. The maximum absolute atomic E-state index is 13.1. The molecule has 0 fully saturated rings. The molecule has 0 aliphatic rings. The van der Waals surface area contributed by atoms with E-state index < -0.39 is 0 Å². The Labute approximate surface area is 128 Å². The molecule has 5 heteroatoms. The summed E-state index contributed by atoms with van der Waals surface area (Å²) >= 11 is 0. The van der Waals surface area contributed by atoms with E-state index in [2.05, 4.69) is 10.3 Å². The molecule has 0 bridgehead atoms. The number of aryl methyl sites for hydroxylation is 1. The molecule has 1 heterocycles. The zero-order chi connectivity index (χ0) is 16.1. The molecule has 0 unspecified atom stereocenters. The summed E-state index contributed by atoms with van der Waals surface area (Å²) in [5, 5.41) is 3.11. The van der Waals surface area contributed by atoms with Gasteiger partial charge in [0.25, 0.3) is 0 Å². The summed E-state index contributed by atoms with van der Waals surface area (Å²) < 4.78 is 14.8. The van der Waals surface area contributed by atoms with Crippen molar-refractivity contribution in [2.24, 2.45) is 0 Å². The van der Waals surface area contributed by atoms with Crippen LogP contribution < -0.4 is 11.0 Å². The summed E-state index contributed by atoms with van der Waals surface area (Å²) in [6.45, 7) is 6.54. The first-order valence-corrected chi connectivity index (χ1v) is 7.42. The monoisotopic (exact) mass is 301 g/mol. The molecular formula is C17H20FN3O. The zero-order valence-corrected chi connectivity index (χ0v) is 13.0. The number of hydrogen-bond donors (Lipinski definition) is 2. The van der Waals surface area contributed by atoms with Crippen molar-refractivity contribution in [2.75, 3.05) is 5.32 Å². The number of imidazole rings is 1. The number of aromatic nitrogens is 2. The average molecular weight is 301 g/mol. The summed E-state index contributed by atoms with van der Waals surface area (Å²) in [6, 6.07) is 11.8. The van der Waals surface area contributed by atoms with Gasteiger partial charge in [-0.3, -0.25) is 4.57 Å². The molecule has 0 spiro atoms. The molecule has 0 radical (unpaired) electrons. The van der Waals surface area contributed by atoms with Crippen molar-refractivity contribution < 1.29 is 4.39 Å². The summed E-state index contributed by atoms with van der Waals surface area (Å²) in [7, 11) is 0. The number of hydrogen-bond acceptors (Lipinski definition) is 2. The number of halogens is 1. The smallest absolute Gasteiger partial charge is 0.326 e. The molecule has 22 heavy (non-hydrogen) atoms. The summed E-state index contributed by atoms with van der Waals surface area (Å²) in [4.78, 5) is 14.5. The Hall–Kier alpha value is -2.56. The Morgan fingerprint density at radius 1 is 1.14 bits per heavy atom. The Morgan fingerprint density at radius 2 is 1.86 bits per heavy atom. The van der Waals surface area contributed by atoms with Crippen LogP contribution in [0.15, 0.2) is 47.3 Å². The standard InChI is InChI=1S/C15H14FN3O.C2H6/c1-2-19-14-7-6-12(9-13(14)18-15(19)20)17-11-5-3-4-10(16)8-11;1-2/h3-9,17H,2H2,1H3,(H,18,20);1-2H3. The van der Waals surface area contributed by atoms with E-state index in [4.69, 9.17) is 0 Å². The number of rotatable bonds is 3. The lowest BCUT2D eigenvalue weighted by molar-refractivity contribution is 0.628. The van der Waals surface area contributed by atoms with Crippen LogP contribution in [0.2, 0.25) is 0 Å². The second kappa shape index (κ2) is 6.93. The Kier molecular flexibility index (Phi) is 4.99. The van der Waals surface area contributed by atoms with Gasteiger partial charge in [0.05, 0.1) is 11.0 Å². The van der Waals surface area contributed by atoms with E-state index in [1.807, 2.05) is 39.0 Å². The summed E-state index contributed by atoms with van der Waals surface area (Å²) in [5.74, 6) is -0.290. The molecule has 0 aliphatic heterocycles. The Bertz CT molecular complexity index is 820. The van der Waals surface area contributed by atoms with Gasteiger partial charge in [-0.05, 0) is 43.3 Å². The first-order chi connectivity index (χ1) is 10.7. The van der Waals surface area contributed by atoms with Crippen LogP contribution >= 0.6 is 0 Å². The highest BCUT2D eigenvalue weighted by Gasteiger charge is 2.05. The Balaban J connectivity index is 0.000000847. The van der Waals surface area contributed by atoms with Crippen molar-refractivity contribution in [3.05, 3.63) is 58.8 Å². The Morgan fingerprint density at radius 3 is 2.55 bits per heavy atom. The molecule has 3 rings (SSSR count). The SMILES string of the molecule is CC.CCn1c(=O)[nH]c2cc(Nc3cccc(F)c3)ccc21. The van der Waals surface area contributed by atoms with Gasteiger partial charge in [-0.25, -0.2) is 9.18 Å². The topological polar surface area (TPSA) is 49.8 Å². The fourth-order valence-electron chi connectivity index (χ4n) is 2.29. The third kappa shape index (κ3) is 3.19. The number of H-pyrrole nitrogens is 1. The lowest BCUT2D eigenvalue weighted by Crippen LogP contribution is -2.14. The second-order valence-electron chi connectivity index (χ2n) is 4.54. The van der Waals surface area contributed by atoms with Gasteiger partial charge in [-0.1, -0.05) is 19.9 Å². The highest BCUT2D eigenvalue weighted by Crippen LogP contribution is 2.21. The minimum absolute atomic E-state index is 0.120. The minimum atomic E-state index is -0.290. The predicted molar refractivity (Wildman–Crippen MR) is 89.3 cm³/mol. The third-order valence-electron chi connectivity index (χ3n) is 3.20. The van der Waals surface area contributed by atoms with Gasteiger partial charge in [0, 0.05) is 17.9 Å². The van der Waals surface area contributed by atoms with E-state index in [1.165, 1.54) is 12.1 Å². The van der Waals surface area contributed by atoms with Crippen LogP contribution in [-0.4, -0.2) is 9.55 Å². The highest BCUT2D eigenvalue weighted by molar-refractivity contribution is 5.80. The van der Waals surface area contributed by atoms with Gasteiger partial charge in [0.15, 0.2) is 0 Å². The fourth-order valence-corrected chi connectivity index (χ4v) is 2.29. The van der Waals surface area contributed by atoms with Crippen LogP contribution in [0.4, 0.5) is 15.8 Å². The number of nitrogens with zero attached hydrogens (tertiary/aromatic N) is 1. The van der Waals surface area contributed by atoms with Crippen LogP contribution in [-0.2, 0) is 6.54 Å². The quantitative estimate of drug-likeness (QED) is 0.759. The molecule has 2 aromatic carbocycles. The van der Waals surface area contributed by atoms with E-state index >= 15 is 0 Å². The third-order valence-corrected chi connectivity index (χ3v) is 3.20. The molecule has 0 amide bonds.